The van der Waals surface area contributed by atoms with Gasteiger partial charge >= 0.3 is 0 Å². The monoisotopic (exact) mass is 361 g/mol. The number of aryl methyl sites for hydroxylation is 1. The van der Waals surface area contributed by atoms with Crippen LogP contribution in [0, 0.1) is 0 Å². The summed E-state index contributed by atoms with van der Waals surface area (Å²) in [6.07, 6.45) is 2.71. The van der Waals surface area contributed by atoms with Crippen LogP contribution in [0.1, 0.15) is 32.3 Å². The van der Waals surface area contributed by atoms with Gasteiger partial charge in [0.15, 0.2) is 0 Å². The van der Waals surface area contributed by atoms with Crippen LogP contribution in [-0.4, -0.2) is 17.2 Å². The lowest BCUT2D eigenvalue weighted by Gasteiger charge is -2.19. The highest BCUT2D eigenvalue weighted by Crippen LogP contribution is 2.27. The van der Waals surface area contributed by atoms with Gasteiger partial charge in [0, 0.05) is 16.0 Å². The number of carbonyl (C=O) groups excluding carboxylic acids is 1. The van der Waals surface area contributed by atoms with E-state index in [9.17, 15) is 4.79 Å². The standard InChI is InChI=1S/C20H24ClNOS/c1-3-19(24-18-13-11-17(21)12-14-18)20(23)22-15(2)9-10-16-7-5-4-6-8-16/h4-8,11-15,19H,3,9-10H2,1-2H3,(H,22,23)/t15-,19-/m1/s1. The second-order valence-electron chi connectivity index (χ2n) is 5.90. The minimum atomic E-state index is -0.0784. The zero-order valence-corrected chi connectivity index (χ0v) is 15.7. The van der Waals surface area contributed by atoms with Crippen LogP contribution in [0.4, 0.5) is 0 Å². The Morgan fingerprint density at radius 3 is 2.42 bits per heavy atom. The molecule has 0 fully saturated rings. The number of hydrogen-bond donors (Lipinski definition) is 1. The first-order valence-electron chi connectivity index (χ1n) is 8.35. The molecule has 24 heavy (non-hydrogen) atoms. The first-order chi connectivity index (χ1) is 11.6. The molecular weight excluding hydrogens is 338 g/mol. The van der Waals surface area contributed by atoms with E-state index in [4.69, 9.17) is 11.6 Å². The fraction of sp³-hybridized carbons (Fsp3) is 0.350. The molecule has 0 aliphatic rings. The van der Waals surface area contributed by atoms with Crippen molar-refractivity contribution < 1.29 is 4.79 Å². The lowest BCUT2D eigenvalue weighted by atomic mass is 10.1. The maximum Gasteiger partial charge on any atom is 0.233 e. The van der Waals surface area contributed by atoms with Crippen molar-refractivity contribution in [2.24, 2.45) is 0 Å². The SMILES string of the molecule is CC[C@@H](Sc1ccc(Cl)cc1)C(=O)N[C@H](C)CCc1ccccc1. The van der Waals surface area contributed by atoms with Gasteiger partial charge in [-0.3, -0.25) is 4.79 Å². The number of benzene rings is 2. The fourth-order valence-electron chi connectivity index (χ4n) is 2.44. The van der Waals surface area contributed by atoms with Crippen LogP contribution in [0.25, 0.3) is 0 Å². The molecule has 1 N–H and O–H groups in total. The van der Waals surface area contributed by atoms with Gasteiger partial charge in [-0.1, -0.05) is 48.9 Å². The predicted molar refractivity (Wildman–Crippen MR) is 104 cm³/mol. The Hall–Kier alpha value is -1.45. The number of thioether (sulfide) groups is 1. The molecule has 2 aromatic carbocycles. The molecule has 0 radical (unpaired) electrons. The van der Waals surface area contributed by atoms with Crippen molar-refractivity contribution >= 4 is 29.3 Å². The van der Waals surface area contributed by atoms with Crippen molar-refractivity contribution in [2.45, 2.75) is 49.3 Å². The molecule has 0 spiro atoms. The molecule has 0 aliphatic carbocycles. The summed E-state index contributed by atoms with van der Waals surface area (Å²) in [7, 11) is 0. The summed E-state index contributed by atoms with van der Waals surface area (Å²) >= 11 is 7.50. The molecule has 0 saturated carbocycles. The van der Waals surface area contributed by atoms with Crippen LogP contribution in [0.2, 0.25) is 5.02 Å². The molecule has 1 amide bonds. The number of halogens is 1. The Labute approximate surface area is 154 Å². The van der Waals surface area contributed by atoms with E-state index in [-0.39, 0.29) is 17.2 Å². The molecule has 0 saturated heterocycles. The Balaban J connectivity index is 1.83. The normalized spacial score (nSPS) is 13.3. The number of rotatable bonds is 8. The second kappa shape index (κ2) is 9.75. The third-order valence-corrected chi connectivity index (χ3v) is 5.48. The molecule has 4 heteroatoms. The largest absolute Gasteiger partial charge is 0.353 e. The maximum atomic E-state index is 12.5. The quantitative estimate of drug-likeness (QED) is 0.642. The maximum absolute atomic E-state index is 12.5. The van der Waals surface area contributed by atoms with E-state index in [0.29, 0.717) is 5.02 Å². The minimum absolute atomic E-state index is 0.0784. The molecule has 0 aromatic heterocycles. The lowest BCUT2D eigenvalue weighted by Crippen LogP contribution is -2.38. The molecule has 2 aromatic rings. The van der Waals surface area contributed by atoms with Crippen LogP contribution in [-0.2, 0) is 11.2 Å². The van der Waals surface area contributed by atoms with Crippen LogP contribution < -0.4 is 5.32 Å². The van der Waals surface area contributed by atoms with Crippen molar-refractivity contribution in [1.82, 2.24) is 5.32 Å². The van der Waals surface area contributed by atoms with E-state index in [2.05, 4.69) is 36.5 Å². The Kier molecular flexibility index (Phi) is 7.67. The Morgan fingerprint density at radius 2 is 1.79 bits per heavy atom. The summed E-state index contributed by atoms with van der Waals surface area (Å²) in [6.45, 7) is 4.11. The van der Waals surface area contributed by atoms with Gasteiger partial charge in [-0.15, -0.1) is 11.8 Å². The predicted octanol–water partition coefficient (Wildman–Crippen LogP) is 5.35. The number of nitrogens with one attached hydrogen (secondary N) is 1. The van der Waals surface area contributed by atoms with E-state index in [1.165, 1.54) is 5.56 Å². The Morgan fingerprint density at radius 1 is 1.12 bits per heavy atom. The summed E-state index contributed by atoms with van der Waals surface area (Å²) < 4.78 is 0. The van der Waals surface area contributed by atoms with Crippen molar-refractivity contribution in [3.05, 3.63) is 65.2 Å². The third kappa shape index (κ3) is 6.21. The van der Waals surface area contributed by atoms with Crippen LogP contribution in [0.5, 0.6) is 0 Å². The molecule has 2 rings (SSSR count). The highest BCUT2D eigenvalue weighted by molar-refractivity contribution is 8.00. The molecule has 2 nitrogen and oxygen atoms in total. The summed E-state index contributed by atoms with van der Waals surface area (Å²) in [4.78, 5) is 13.6. The molecular formula is C20H24ClNOS. The van der Waals surface area contributed by atoms with Crippen molar-refractivity contribution in [2.75, 3.05) is 0 Å². The van der Waals surface area contributed by atoms with Crippen LogP contribution >= 0.6 is 23.4 Å². The molecule has 2 atom stereocenters. The number of hydrogen-bond acceptors (Lipinski definition) is 2. The Bertz CT molecular complexity index is 630. The molecule has 128 valence electrons. The zero-order valence-electron chi connectivity index (χ0n) is 14.2. The lowest BCUT2D eigenvalue weighted by molar-refractivity contribution is -0.121. The number of amides is 1. The van der Waals surface area contributed by atoms with Crippen molar-refractivity contribution in [3.63, 3.8) is 0 Å². The van der Waals surface area contributed by atoms with E-state index in [0.717, 1.165) is 24.2 Å². The van der Waals surface area contributed by atoms with Gasteiger partial charge in [0.25, 0.3) is 0 Å². The second-order valence-corrected chi connectivity index (χ2v) is 7.62. The topological polar surface area (TPSA) is 29.1 Å². The van der Waals surface area contributed by atoms with E-state index < -0.39 is 0 Å². The molecule has 0 aliphatic heterocycles. The van der Waals surface area contributed by atoms with Gasteiger partial charge in [0.2, 0.25) is 5.91 Å². The first-order valence-corrected chi connectivity index (χ1v) is 9.60. The number of carbonyl (C=O) groups is 1. The molecule has 0 bridgehead atoms. The fourth-order valence-corrected chi connectivity index (χ4v) is 3.52. The van der Waals surface area contributed by atoms with Gasteiger partial charge in [-0.2, -0.15) is 0 Å². The zero-order chi connectivity index (χ0) is 17.4. The van der Waals surface area contributed by atoms with Gasteiger partial charge < -0.3 is 5.32 Å². The van der Waals surface area contributed by atoms with Gasteiger partial charge in [0.1, 0.15) is 0 Å². The average Bonchev–Trinajstić information content (AvgIpc) is 2.60. The third-order valence-electron chi connectivity index (χ3n) is 3.85. The van der Waals surface area contributed by atoms with E-state index in [1.807, 2.05) is 37.3 Å². The van der Waals surface area contributed by atoms with Crippen LogP contribution in [0.15, 0.2) is 59.5 Å². The molecule has 0 heterocycles. The smallest absolute Gasteiger partial charge is 0.233 e. The summed E-state index contributed by atoms with van der Waals surface area (Å²) in [5.74, 6) is 0.109. The summed E-state index contributed by atoms with van der Waals surface area (Å²) in [6, 6.07) is 18.2. The van der Waals surface area contributed by atoms with Gasteiger partial charge in [-0.05, 0) is 56.0 Å². The highest BCUT2D eigenvalue weighted by atomic mass is 35.5. The minimum Gasteiger partial charge on any atom is -0.353 e. The molecule has 0 unspecified atom stereocenters. The average molecular weight is 362 g/mol. The summed E-state index contributed by atoms with van der Waals surface area (Å²) in [5, 5.41) is 3.78. The van der Waals surface area contributed by atoms with Gasteiger partial charge in [-0.25, -0.2) is 0 Å². The van der Waals surface area contributed by atoms with Gasteiger partial charge in [0.05, 0.1) is 5.25 Å². The van der Waals surface area contributed by atoms with Crippen molar-refractivity contribution in [3.8, 4) is 0 Å². The van der Waals surface area contributed by atoms with Crippen LogP contribution in [0.3, 0.4) is 0 Å². The van der Waals surface area contributed by atoms with Crippen molar-refractivity contribution in [1.29, 1.82) is 0 Å². The first kappa shape index (κ1) is 18.9. The highest BCUT2D eigenvalue weighted by Gasteiger charge is 2.19. The van der Waals surface area contributed by atoms with E-state index in [1.54, 1.807) is 11.8 Å². The summed E-state index contributed by atoms with van der Waals surface area (Å²) in [5.41, 5.74) is 1.31. The van der Waals surface area contributed by atoms with E-state index >= 15 is 0 Å².